The summed E-state index contributed by atoms with van der Waals surface area (Å²) in [6.07, 6.45) is 4.87. The van der Waals surface area contributed by atoms with Gasteiger partial charge in [-0.3, -0.25) is 0 Å². The maximum absolute atomic E-state index is 10.2. The first-order chi connectivity index (χ1) is 4.22. The molecule has 0 atom stereocenters. The van der Waals surface area contributed by atoms with Crippen LogP contribution in [-0.4, -0.2) is 11.1 Å². The van der Waals surface area contributed by atoms with Crippen LogP contribution in [0.4, 0.5) is 0 Å². The van der Waals surface area contributed by atoms with E-state index in [2.05, 4.69) is 6.58 Å². The molecule has 1 aliphatic carbocycles. The van der Waals surface area contributed by atoms with Crippen molar-refractivity contribution in [3.05, 3.63) is 36.0 Å². The summed E-state index contributed by atoms with van der Waals surface area (Å²) in [7, 11) is 0. The number of carboxylic acids is 1. The van der Waals surface area contributed by atoms with Crippen LogP contribution in [-0.2, 0) is 4.79 Å². The first-order valence-electron chi connectivity index (χ1n) is 2.53. The Morgan fingerprint density at radius 2 is 2.20 bits per heavy atom. The minimum atomic E-state index is -0.912. The molecule has 0 saturated heterocycles. The van der Waals surface area contributed by atoms with Crippen LogP contribution < -0.4 is 6.15 Å². The SMILES string of the molecule is C=C1C=CC=C1C(=O)O.N. The van der Waals surface area contributed by atoms with E-state index in [-0.39, 0.29) is 11.7 Å². The summed E-state index contributed by atoms with van der Waals surface area (Å²) in [5, 5.41) is 8.41. The lowest BCUT2D eigenvalue weighted by atomic mass is 10.2. The molecule has 1 rings (SSSR count). The molecule has 0 aromatic heterocycles. The van der Waals surface area contributed by atoms with Crippen molar-refractivity contribution in [3.8, 4) is 0 Å². The topological polar surface area (TPSA) is 72.3 Å². The fourth-order valence-electron chi connectivity index (χ4n) is 0.666. The second-order valence-electron chi connectivity index (χ2n) is 1.77. The van der Waals surface area contributed by atoms with Crippen LogP contribution in [0, 0.1) is 0 Å². The van der Waals surface area contributed by atoms with Gasteiger partial charge in [0, 0.05) is 0 Å². The molecular weight excluding hydrogens is 130 g/mol. The lowest BCUT2D eigenvalue weighted by Gasteiger charge is -1.92. The third-order valence-corrected chi connectivity index (χ3v) is 1.14. The van der Waals surface area contributed by atoms with E-state index >= 15 is 0 Å². The monoisotopic (exact) mass is 139 g/mol. The number of carboxylic acid groups (broad SMARTS) is 1. The van der Waals surface area contributed by atoms with Crippen molar-refractivity contribution in [3.63, 3.8) is 0 Å². The number of hydrogen-bond acceptors (Lipinski definition) is 2. The van der Waals surface area contributed by atoms with Gasteiger partial charge in [-0.25, -0.2) is 4.79 Å². The predicted molar refractivity (Wildman–Crippen MR) is 39.0 cm³/mol. The zero-order valence-corrected chi connectivity index (χ0v) is 5.50. The highest BCUT2D eigenvalue weighted by Gasteiger charge is 2.10. The van der Waals surface area contributed by atoms with Crippen molar-refractivity contribution in [2.45, 2.75) is 0 Å². The van der Waals surface area contributed by atoms with Gasteiger partial charge in [0.1, 0.15) is 0 Å². The van der Waals surface area contributed by atoms with Gasteiger partial charge in [0.2, 0.25) is 0 Å². The average molecular weight is 139 g/mol. The molecule has 0 saturated carbocycles. The molecule has 0 spiro atoms. The maximum atomic E-state index is 10.2. The normalized spacial score (nSPS) is 14.4. The molecule has 1 aliphatic rings. The number of aliphatic carboxylic acids is 1. The molecule has 3 heteroatoms. The fourth-order valence-corrected chi connectivity index (χ4v) is 0.666. The van der Waals surface area contributed by atoms with Crippen molar-refractivity contribution < 1.29 is 9.90 Å². The first kappa shape index (κ1) is 8.65. The Labute approximate surface area is 58.9 Å². The molecule has 54 valence electrons. The highest BCUT2D eigenvalue weighted by atomic mass is 16.4. The Hall–Kier alpha value is -1.35. The Kier molecular flexibility index (Phi) is 2.58. The van der Waals surface area contributed by atoms with Crippen LogP contribution in [0.15, 0.2) is 36.0 Å². The standard InChI is InChI=1S/C7H6O2.H3N/c1-5-3-2-4-6(5)7(8)9;/h2-4H,1H2,(H,8,9);1H3. The molecule has 3 nitrogen and oxygen atoms in total. The second-order valence-corrected chi connectivity index (χ2v) is 1.77. The molecule has 0 radical (unpaired) electrons. The molecule has 0 aromatic rings. The predicted octanol–water partition coefficient (Wildman–Crippen LogP) is 1.29. The van der Waals surface area contributed by atoms with Gasteiger partial charge in [0.25, 0.3) is 0 Å². The Balaban J connectivity index is 0.000000810. The highest BCUT2D eigenvalue weighted by Crippen LogP contribution is 2.15. The van der Waals surface area contributed by atoms with Gasteiger partial charge in [-0.2, -0.15) is 0 Å². The quantitative estimate of drug-likeness (QED) is 0.574. The van der Waals surface area contributed by atoms with E-state index in [4.69, 9.17) is 5.11 Å². The van der Waals surface area contributed by atoms with E-state index in [1.54, 1.807) is 12.2 Å². The molecule has 0 bridgehead atoms. The van der Waals surface area contributed by atoms with Gasteiger partial charge in [0.05, 0.1) is 5.57 Å². The average Bonchev–Trinajstić information content (AvgIpc) is 2.13. The van der Waals surface area contributed by atoms with Crippen molar-refractivity contribution in [2.75, 3.05) is 0 Å². The summed E-state index contributed by atoms with van der Waals surface area (Å²) in [4.78, 5) is 10.2. The van der Waals surface area contributed by atoms with Gasteiger partial charge in [-0.15, -0.1) is 0 Å². The summed E-state index contributed by atoms with van der Waals surface area (Å²) in [5.41, 5.74) is 0.859. The van der Waals surface area contributed by atoms with E-state index in [1.807, 2.05) is 0 Å². The van der Waals surface area contributed by atoms with Crippen molar-refractivity contribution in [1.29, 1.82) is 0 Å². The van der Waals surface area contributed by atoms with Gasteiger partial charge in [-0.1, -0.05) is 18.7 Å². The summed E-state index contributed by atoms with van der Waals surface area (Å²) in [5.74, 6) is -0.912. The van der Waals surface area contributed by atoms with Crippen LogP contribution in [0.3, 0.4) is 0 Å². The van der Waals surface area contributed by atoms with E-state index in [1.165, 1.54) is 6.08 Å². The van der Waals surface area contributed by atoms with Crippen LogP contribution >= 0.6 is 0 Å². The lowest BCUT2D eigenvalue weighted by molar-refractivity contribution is -0.132. The van der Waals surface area contributed by atoms with Crippen LogP contribution in [0.5, 0.6) is 0 Å². The van der Waals surface area contributed by atoms with Gasteiger partial charge < -0.3 is 11.3 Å². The summed E-state index contributed by atoms with van der Waals surface area (Å²) in [6.45, 7) is 3.52. The smallest absolute Gasteiger partial charge is 0.336 e. The first-order valence-corrected chi connectivity index (χ1v) is 2.53. The minimum absolute atomic E-state index is 0. The number of carbonyl (C=O) groups is 1. The molecule has 0 aliphatic heterocycles. The molecule has 0 amide bonds. The number of hydrogen-bond donors (Lipinski definition) is 2. The van der Waals surface area contributed by atoms with Gasteiger partial charge in [0.15, 0.2) is 0 Å². The molecular formula is C7H9NO2. The third-order valence-electron chi connectivity index (χ3n) is 1.14. The van der Waals surface area contributed by atoms with E-state index in [0.29, 0.717) is 5.57 Å². The second kappa shape index (κ2) is 2.98. The van der Waals surface area contributed by atoms with Crippen LogP contribution in [0.2, 0.25) is 0 Å². The van der Waals surface area contributed by atoms with Crippen molar-refractivity contribution >= 4 is 5.97 Å². The third kappa shape index (κ3) is 1.33. The maximum Gasteiger partial charge on any atom is 0.336 e. The Morgan fingerprint density at radius 1 is 1.60 bits per heavy atom. The summed E-state index contributed by atoms with van der Waals surface area (Å²) in [6, 6.07) is 0. The van der Waals surface area contributed by atoms with Crippen LogP contribution in [0.25, 0.3) is 0 Å². The molecule has 0 unspecified atom stereocenters. The lowest BCUT2D eigenvalue weighted by Crippen LogP contribution is -1.98. The van der Waals surface area contributed by atoms with Gasteiger partial charge in [-0.05, 0) is 11.6 Å². The molecule has 4 N–H and O–H groups in total. The van der Waals surface area contributed by atoms with Crippen molar-refractivity contribution in [1.82, 2.24) is 6.15 Å². The zero-order chi connectivity index (χ0) is 6.85. The molecule has 0 fully saturated rings. The van der Waals surface area contributed by atoms with Crippen LogP contribution in [0.1, 0.15) is 0 Å². The fraction of sp³-hybridized carbons (Fsp3) is 0. The molecule has 10 heavy (non-hydrogen) atoms. The summed E-state index contributed by atoms with van der Waals surface area (Å²) >= 11 is 0. The number of allylic oxidation sites excluding steroid dienone is 3. The van der Waals surface area contributed by atoms with E-state index in [9.17, 15) is 4.79 Å². The molecule has 0 heterocycles. The Bertz CT molecular complexity index is 226. The largest absolute Gasteiger partial charge is 0.478 e. The number of rotatable bonds is 1. The highest BCUT2D eigenvalue weighted by molar-refractivity contribution is 5.94. The minimum Gasteiger partial charge on any atom is -0.478 e. The Morgan fingerprint density at radius 3 is 2.40 bits per heavy atom. The summed E-state index contributed by atoms with van der Waals surface area (Å²) < 4.78 is 0. The van der Waals surface area contributed by atoms with E-state index in [0.717, 1.165) is 0 Å². The van der Waals surface area contributed by atoms with E-state index < -0.39 is 5.97 Å². The zero-order valence-electron chi connectivity index (χ0n) is 5.50. The molecule has 0 aromatic carbocycles. The van der Waals surface area contributed by atoms with Gasteiger partial charge >= 0.3 is 5.97 Å². The van der Waals surface area contributed by atoms with Crippen molar-refractivity contribution in [2.24, 2.45) is 0 Å².